The third-order valence-corrected chi connectivity index (χ3v) is 4.77. The van der Waals surface area contributed by atoms with E-state index in [2.05, 4.69) is 4.90 Å². The average molecular weight is 268 g/mol. The SMILES string of the molecule is CC(C)C(C(=O)N1CCCC2CCCC21)C(N)=S. The van der Waals surface area contributed by atoms with Gasteiger partial charge in [0.25, 0.3) is 0 Å². The second-order valence-corrected chi connectivity index (χ2v) is 6.53. The van der Waals surface area contributed by atoms with Crippen LogP contribution < -0.4 is 5.73 Å². The monoisotopic (exact) mass is 268 g/mol. The molecular formula is C14H24N2OS. The summed E-state index contributed by atoms with van der Waals surface area (Å²) in [5.41, 5.74) is 5.77. The van der Waals surface area contributed by atoms with E-state index < -0.39 is 0 Å². The quantitative estimate of drug-likeness (QED) is 0.799. The molecule has 0 aromatic rings. The van der Waals surface area contributed by atoms with Crippen molar-refractivity contribution in [3.8, 4) is 0 Å². The van der Waals surface area contributed by atoms with E-state index in [1.54, 1.807) is 0 Å². The lowest BCUT2D eigenvalue weighted by Crippen LogP contribution is -2.51. The minimum Gasteiger partial charge on any atom is -0.393 e. The summed E-state index contributed by atoms with van der Waals surface area (Å²) in [4.78, 5) is 15.1. The number of carbonyl (C=O) groups is 1. The smallest absolute Gasteiger partial charge is 0.233 e. The maximum absolute atomic E-state index is 12.7. The maximum Gasteiger partial charge on any atom is 0.233 e. The van der Waals surface area contributed by atoms with Gasteiger partial charge in [0.15, 0.2) is 0 Å². The fraction of sp³-hybridized carbons (Fsp3) is 0.857. The molecule has 2 rings (SSSR count). The van der Waals surface area contributed by atoms with Crippen LogP contribution >= 0.6 is 12.2 Å². The fourth-order valence-electron chi connectivity index (χ4n) is 3.64. The summed E-state index contributed by atoms with van der Waals surface area (Å²) in [7, 11) is 0. The number of carbonyl (C=O) groups excluding carboxylic acids is 1. The molecule has 1 saturated heterocycles. The zero-order valence-corrected chi connectivity index (χ0v) is 12.2. The van der Waals surface area contributed by atoms with Crippen LogP contribution in [0.1, 0.15) is 46.0 Å². The van der Waals surface area contributed by atoms with Gasteiger partial charge in [-0.05, 0) is 37.5 Å². The summed E-state index contributed by atoms with van der Waals surface area (Å²) < 4.78 is 0. The highest BCUT2D eigenvalue weighted by Crippen LogP contribution is 2.37. The van der Waals surface area contributed by atoms with Gasteiger partial charge in [0.05, 0.1) is 10.9 Å². The Kier molecular flexibility index (Phi) is 4.25. The zero-order chi connectivity index (χ0) is 13.3. The molecule has 2 aliphatic rings. The van der Waals surface area contributed by atoms with E-state index in [0.29, 0.717) is 11.0 Å². The number of rotatable bonds is 3. The van der Waals surface area contributed by atoms with Gasteiger partial charge in [-0.1, -0.05) is 32.5 Å². The van der Waals surface area contributed by atoms with Crippen molar-refractivity contribution in [3.05, 3.63) is 0 Å². The lowest BCUT2D eigenvalue weighted by molar-refractivity contribution is -0.139. The molecule has 0 bridgehead atoms. The van der Waals surface area contributed by atoms with E-state index in [4.69, 9.17) is 18.0 Å². The largest absolute Gasteiger partial charge is 0.393 e. The molecule has 0 radical (unpaired) electrons. The number of nitrogens with zero attached hydrogens (tertiary/aromatic N) is 1. The molecule has 2 N–H and O–H groups in total. The number of hydrogen-bond donors (Lipinski definition) is 1. The van der Waals surface area contributed by atoms with E-state index >= 15 is 0 Å². The molecule has 102 valence electrons. The van der Waals surface area contributed by atoms with Gasteiger partial charge in [0, 0.05) is 12.6 Å². The van der Waals surface area contributed by atoms with E-state index in [9.17, 15) is 4.79 Å². The highest BCUT2D eigenvalue weighted by Gasteiger charge is 2.40. The van der Waals surface area contributed by atoms with E-state index in [1.807, 2.05) is 13.8 Å². The summed E-state index contributed by atoms with van der Waals surface area (Å²) >= 11 is 5.09. The number of thiocarbonyl (C=S) groups is 1. The minimum absolute atomic E-state index is 0.175. The summed E-state index contributed by atoms with van der Waals surface area (Å²) in [6.45, 7) is 4.95. The van der Waals surface area contributed by atoms with Crippen LogP contribution in [-0.4, -0.2) is 28.4 Å². The Bertz CT molecular complexity index is 343. The van der Waals surface area contributed by atoms with E-state index in [1.165, 1.54) is 25.7 Å². The van der Waals surface area contributed by atoms with Gasteiger partial charge in [-0.3, -0.25) is 4.79 Å². The lowest BCUT2D eigenvalue weighted by Gasteiger charge is -2.40. The van der Waals surface area contributed by atoms with Crippen LogP contribution in [0.25, 0.3) is 0 Å². The van der Waals surface area contributed by atoms with Crippen molar-refractivity contribution in [1.82, 2.24) is 4.90 Å². The molecule has 1 heterocycles. The Morgan fingerprint density at radius 2 is 1.94 bits per heavy atom. The number of piperidine rings is 1. The lowest BCUT2D eigenvalue weighted by atomic mass is 9.88. The number of likely N-dealkylation sites (tertiary alicyclic amines) is 1. The molecule has 1 aliphatic carbocycles. The Morgan fingerprint density at radius 1 is 1.28 bits per heavy atom. The second kappa shape index (κ2) is 5.55. The second-order valence-electron chi connectivity index (χ2n) is 6.06. The van der Waals surface area contributed by atoms with E-state index in [0.717, 1.165) is 18.9 Å². The molecule has 1 aliphatic heterocycles. The summed E-state index contributed by atoms with van der Waals surface area (Å²) in [6, 6.07) is 0.460. The van der Waals surface area contributed by atoms with Crippen LogP contribution in [0, 0.1) is 17.8 Å². The van der Waals surface area contributed by atoms with Gasteiger partial charge in [-0.25, -0.2) is 0 Å². The third kappa shape index (κ3) is 2.53. The molecule has 0 spiro atoms. The van der Waals surface area contributed by atoms with Gasteiger partial charge >= 0.3 is 0 Å². The Labute approximate surface area is 115 Å². The fourth-order valence-corrected chi connectivity index (χ4v) is 4.01. The van der Waals surface area contributed by atoms with Crippen LogP contribution in [0.4, 0.5) is 0 Å². The van der Waals surface area contributed by atoms with Gasteiger partial charge in [-0.2, -0.15) is 0 Å². The molecule has 18 heavy (non-hydrogen) atoms. The van der Waals surface area contributed by atoms with Gasteiger partial charge in [0.1, 0.15) is 0 Å². The molecule has 2 fully saturated rings. The average Bonchev–Trinajstić information content (AvgIpc) is 2.75. The minimum atomic E-state index is -0.278. The molecule has 1 amide bonds. The number of nitrogens with two attached hydrogens (primary N) is 1. The first-order valence-electron chi connectivity index (χ1n) is 7.12. The van der Waals surface area contributed by atoms with Crippen LogP contribution in [-0.2, 0) is 4.79 Å². The topological polar surface area (TPSA) is 46.3 Å². The number of hydrogen-bond acceptors (Lipinski definition) is 2. The van der Waals surface area contributed by atoms with Crippen molar-refractivity contribution < 1.29 is 4.79 Å². The highest BCUT2D eigenvalue weighted by atomic mass is 32.1. The molecule has 3 atom stereocenters. The molecule has 3 unspecified atom stereocenters. The van der Waals surface area contributed by atoms with Crippen molar-refractivity contribution in [1.29, 1.82) is 0 Å². The van der Waals surface area contributed by atoms with Crippen molar-refractivity contribution in [3.63, 3.8) is 0 Å². The first kappa shape index (κ1) is 13.8. The number of amides is 1. The van der Waals surface area contributed by atoms with Gasteiger partial charge in [0.2, 0.25) is 5.91 Å². The van der Waals surface area contributed by atoms with Crippen LogP contribution in [0.3, 0.4) is 0 Å². The zero-order valence-electron chi connectivity index (χ0n) is 11.4. The highest BCUT2D eigenvalue weighted by molar-refractivity contribution is 7.80. The van der Waals surface area contributed by atoms with Crippen LogP contribution in [0.5, 0.6) is 0 Å². The molecule has 4 heteroatoms. The third-order valence-electron chi connectivity index (χ3n) is 4.52. The van der Waals surface area contributed by atoms with Gasteiger partial charge < -0.3 is 10.6 Å². The first-order valence-corrected chi connectivity index (χ1v) is 7.53. The van der Waals surface area contributed by atoms with Crippen molar-refractivity contribution in [2.24, 2.45) is 23.5 Å². The molecule has 0 aromatic carbocycles. The van der Waals surface area contributed by atoms with Crippen molar-refractivity contribution >= 4 is 23.1 Å². The van der Waals surface area contributed by atoms with Crippen LogP contribution in [0.2, 0.25) is 0 Å². The maximum atomic E-state index is 12.7. The van der Waals surface area contributed by atoms with Crippen molar-refractivity contribution in [2.45, 2.75) is 52.0 Å². The van der Waals surface area contributed by atoms with Crippen LogP contribution in [0.15, 0.2) is 0 Å². The first-order chi connectivity index (χ1) is 8.52. The van der Waals surface area contributed by atoms with Gasteiger partial charge in [-0.15, -0.1) is 0 Å². The number of fused-ring (bicyclic) bond motifs is 1. The standard InChI is InChI=1S/C14H24N2OS/c1-9(2)12(13(15)18)14(17)16-8-4-6-10-5-3-7-11(10)16/h9-12H,3-8H2,1-2H3,(H2,15,18). The predicted molar refractivity (Wildman–Crippen MR) is 77.2 cm³/mol. The van der Waals surface area contributed by atoms with Crippen molar-refractivity contribution in [2.75, 3.05) is 6.54 Å². The Hall–Kier alpha value is -0.640. The molecule has 3 nitrogen and oxygen atoms in total. The summed E-state index contributed by atoms with van der Waals surface area (Å²) in [5.74, 6) is 0.812. The summed E-state index contributed by atoms with van der Waals surface area (Å²) in [5, 5.41) is 0. The van der Waals surface area contributed by atoms with E-state index in [-0.39, 0.29) is 17.7 Å². The Balaban J connectivity index is 2.13. The Morgan fingerprint density at radius 3 is 2.56 bits per heavy atom. The predicted octanol–water partition coefficient (Wildman–Crippen LogP) is 2.34. The summed E-state index contributed by atoms with van der Waals surface area (Å²) in [6.07, 6.45) is 6.13. The molecule has 1 saturated carbocycles. The molecular weight excluding hydrogens is 244 g/mol. The normalized spacial score (nSPS) is 29.2. The molecule has 0 aromatic heterocycles.